The summed E-state index contributed by atoms with van der Waals surface area (Å²) in [6.45, 7) is 0.242. The zero-order valence-corrected chi connectivity index (χ0v) is 10.3. The Hall–Kier alpha value is -2.37. The summed E-state index contributed by atoms with van der Waals surface area (Å²) in [4.78, 5) is 35.9. The molecule has 0 aromatic heterocycles. The molecule has 0 aliphatic carbocycles. The highest BCUT2D eigenvalue weighted by atomic mass is 16.2. The van der Waals surface area contributed by atoms with Gasteiger partial charge in [-0.2, -0.15) is 5.01 Å². The summed E-state index contributed by atoms with van der Waals surface area (Å²) in [5.74, 6) is -0.971. The Morgan fingerprint density at radius 1 is 1.05 bits per heavy atom. The lowest BCUT2D eigenvalue weighted by Gasteiger charge is -2.32. The van der Waals surface area contributed by atoms with E-state index in [0.717, 1.165) is 10.6 Å². The first kappa shape index (κ1) is 11.7. The smallest absolute Gasteiger partial charge is 0.273 e. The Balaban J connectivity index is 1.95. The van der Waals surface area contributed by atoms with Crippen molar-refractivity contribution in [3.63, 3.8) is 0 Å². The molecule has 6 nitrogen and oxygen atoms in total. The molecule has 6 heteroatoms. The van der Waals surface area contributed by atoms with Gasteiger partial charge in [-0.3, -0.25) is 14.4 Å². The van der Waals surface area contributed by atoms with Crippen LogP contribution in [0.2, 0.25) is 0 Å². The topological polar surface area (TPSA) is 83.7 Å². The lowest BCUT2D eigenvalue weighted by atomic mass is 10.1. The number of nitrogens with zero attached hydrogens (tertiary/aromatic N) is 2. The van der Waals surface area contributed by atoms with Crippen LogP contribution in [0.5, 0.6) is 0 Å². The largest absolute Gasteiger partial charge is 0.399 e. The molecule has 19 heavy (non-hydrogen) atoms. The molecule has 0 atom stereocenters. The maximum absolute atomic E-state index is 12.3. The van der Waals surface area contributed by atoms with E-state index in [0.29, 0.717) is 30.5 Å². The van der Waals surface area contributed by atoms with Crippen LogP contribution in [0.4, 0.5) is 5.69 Å². The highest BCUT2D eigenvalue weighted by molar-refractivity contribution is 6.04. The molecule has 2 aliphatic rings. The molecule has 2 N–H and O–H groups in total. The Bertz CT molecular complexity index is 581. The lowest BCUT2D eigenvalue weighted by molar-refractivity contribution is -0.163. The summed E-state index contributed by atoms with van der Waals surface area (Å²) >= 11 is 0. The molecule has 1 aromatic rings. The van der Waals surface area contributed by atoms with Crippen LogP contribution in [0.3, 0.4) is 0 Å². The molecular weight excluding hydrogens is 246 g/mol. The van der Waals surface area contributed by atoms with Crippen LogP contribution in [0.1, 0.15) is 35.2 Å². The minimum Gasteiger partial charge on any atom is -0.399 e. The molecule has 0 unspecified atom stereocenters. The average molecular weight is 259 g/mol. The second kappa shape index (κ2) is 4.08. The Morgan fingerprint density at radius 3 is 2.42 bits per heavy atom. The van der Waals surface area contributed by atoms with Crippen molar-refractivity contribution in [2.75, 3.05) is 5.73 Å². The van der Waals surface area contributed by atoms with Crippen molar-refractivity contribution in [3.05, 3.63) is 29.3 Å². The van der Waals surface area contributed by atoms with Gasteiger partial charge in [-0.15, -0.1) is 0 Å². The van der Waals surface area contributed by atoms with Gasteiger partial charge in [0.05, 0.1) is 6.54 Å². The van der Waals surface area contributed by atoms with Gasteiger partial charge in [0.25, 0.3) is 5.91 Å². The number of benzene rings is 1. The predicted molar refractivity (Wildman–Crippen MR) is 66.4 cm³/mol. The van der Waals surface area contributed by atoms with E-state index < -0.39 is 0 Å². The summed E-state index contributed by atoms with van der Waals surface area (Å²) in [7, 11) is 0. The van der Waals surface area contributed by atoms with Gasteiger partial charge in [0, 0.05) is 24.1 Å². The molecule has 2 heterocycles. The molecule has 1 fully saturated rings. The second-order valence-corrected chi connectivity index (χ2v) is 4.73. The number of nitrogen functional groups attached to an aromatic ring is 1. The van der Waals surface area contributed by atoms with Crippen molar-refractivity contribution >= 4 is 23.4 Å². The number of carbonyl (C=O) groups excluding carboxylic acids is 3. The fraction of sp³-hybridized carbons (Fsp3) is 0.308. The van der Waals surface area contributed by atoms with Crippen molar-refractivity contribution in [3.8, 4) is 0 Å². The van der Waals surface area contributed by atoms with Crippen LogP contribution in [0, 0.1) is 0 Å². The Morgan fingerprint density at radius 2 is 1.74 bits per heavy atom. The molecule has 3 rings (SSSR count). The third-order valence-electron chi connectivity index (χ3n) is 3.41. The van der Waals surface area contributed by atoms with Crippen LogP contribution in [-0.4, -0.2) is 27.7 Å². The SMILES string of the molecule is Nc1ccc2c(c1)C(=O)N(N1C(=O)CCCC1=O)C2. The lowest BCUT2D eigenvalue weighted by Crippen LogP contribution is -2.51. The van der Waals surface area contributed by atoms with Crippen LogP contribution >= 0.6 is 0 Å². The standard InChI is InChI=1S/C13H13N3O3/c14-9-5-4-8-7-15(13(19)10(8)6-9)16-11(17)2-1-3-12(16)18/h4-6H,1-3,7,14H2. The first-order valence-electron chi connectivity index (χ1n) is 6.14. The van der Waals surface area contributed by atoms with Crippen LogP contribution in [0.25, 0.3) is 0 Å². The van der Waals surface area contributed by atoms with Gasteiger partial charge in [-0.25, -0.2) is 5.01 Å². The van der Waals surface area contributed by atoms with Gasteiger partial charge in [0.15, 0.2) is 0 Å². The van der Waals surface area contributed by atoms with Gasteiger partial charge in [-0.1, -0.05) is 6.07 Å². The molecule has 0 bridgehead atoms. The Labute approximate surface area is 109 Å². The predicted octanol–water partition coefficient (Wildman–Crippen LogP) is 0.679. The number of carbonyl (C=O) groups is 3. The fourth-order valence-corrected chi connectivity index (χ4v) is 2.48. The first-order valence-corrected chi connectivity index (χ1v) is 6.14. The van der Waals surface area contributed by atoms with E-state index in [1.807, 2.05) is 0 Å². The van der Waals surface area contributed by atoms with Gasteiger partial charge >= 0.3 is 0 Å². The first-order chi connectivity index (χ1) is 9.08. The third-order valence-corrected chi connectivity index (χ3v) is 3.41. The number of amides is 3. The highest BCUT2D eigenvalue weighted by Gasteiger charge is 2.39. The average Bonchev–Trinajstić information content (AvgIpc) is 2.67. The summed E-state index contributed by atoms with van der Waals surface area (Å²) in [5, 5.41) is 2.20. The molecule has 0 spiro atoms. The molecule has 3 amide bonds. The number of anilines is 1. The van der Waals surface area contributed by atoms with Crippen molar-refractivity contribution in [1.29, 1.82) is 0 Å². The van der Waals surface area contributed by atoms with E-state index in [4.69, 9.17) is 5.73 Å². The summed E-state index contributed by atoms with van der Waals surface area (Å²) in [6.07, 6.45) is 1.15. The zero-order valence-electron chi connectivity index (χ0n) is 10.3. The molecular formula is C13H13N3O3. The molecule has 2 aliphatic heterocycles. The quantitative estimate of drug-likeness (QED) is 0.593. The number of nitrogens with two attached hydrogens (primary N) is 1. The molecule has 98 valence electrons. The van der Waals surface area contributed by atoms with Crippen LogP contribution in [-0.2, 0) is 16.1 Å². The minimum atomic E-state index is -0.342. The van der Waals surface area contributed by atoms with E-state index in [2.05, 4.69) is 0 Å². The van der Waals surface area contributed by atoms with E-state index >= 15 is 0 Å². The number of hydrogen-bond donors (Lipinski definition) is 1. The summed E-state index contributed by atoms with van der Waals surface area (Å²) < 4.78 is 0. The molecule has 1 aromatic carbocycles. The third kappa shape index (κ3) is 1.76. The number of fused-ring (bicyclic) bond motifs is 1. The number of rotatable bonds is 1. The normalized spacial score (nSPS) is 19.1. The van der Waals surface area contributed by atoms with Crippen LogP contribution in [0.15, 0.2) is 18.2 Å². The molecule has 1 saturated heterocycles. The fourth-order valence-electron chi connectivity index (χ4n) is 2.48. The van der Waals surface area contributed by atoms with Gasteiger partial charge in [0.2, 0.25) is 11.8 Å². The number of hydrazine groups is 1. The van der Waals surface area contributed by atoms with Gasteiger partial charge in [0.1, 0.15) is 0 Å². The van der Waals surface area contributed by atoms with Crippen molar-refractivity contribution in [2.45, 2.75) is 25.8 Å². The molecule has 0 saturated carbocycles. The van der Waals surface area contributed by atoms with E-state index in [1.54, 1.807) is 18.2 Å². The maximum Gasteiger partial charge on any atom is 0.273 e. The molecule has 0 radical (unpaired) electrons. The summed E-state index contributed by atoms with van der Waals surface area (Å²) in [5.41, 5.74) is 7.39. The van der Waals surface area contributed by atoms with Gasteiger partial charge < -0.3 is 5.73 Å². The van der Waals surface area contributed by atoms with Crippen molar-refractivity contribution < 1.29 is 14.4 Å². The number of imide groups is 1. The van der Waals surface area contributed by atoms with E-state index in [9.17, 15) is 14.4 Å². The zero-order chi connectivity index (χ0) is 13.6. The van der Waals surface area contributed by atoms with E-state index in [-0.39, 0.29) is 24.3 Å². The number of hydrogen-bond acceptors (Lipinski definition) is 4. The highest BCUT2D eigenvalue weighted by Crippen LogP contribution is 2.28. The van der Waals surface area contributed by atoms with Gasteiger partial charge in [-0.05, 0) is 24.1 Å². The number of piperidine rings is 1. The Kier molecular flexibility index (Phi) is 2.51. The van der Waals surface area contributed by atoms with Crippen LogP contribution < -0.4 is 5.73 Å². The van der Waals surface area contributed by atoms with Crippen molar-refractivity contribution in [2.24, 2.45) is 0 Å². The van der Waals surface area contributed by atoms with Crippen molar-refractivity contribution in [1.82, 2.24) is 10.0 Å². The maximum atomic E-state index is 12.3. The summed E-state index contributed by atoms with van der Waals surface area (Å²) in [6, 6.07) is 5.04. The second-order valence-electron chi connectivity index (χ2n) is 4.73. The monoisotopic (exact) mass is 259 g/mol. The van der Waals surface area contributed by atoms with E-state index in [1.165, 1.54) is 5.01 Å². The minimum absolute atomic E-state index is 0.242.